The molecule has 0 aromatic carbocycles. The number of rotatable bonds is 11. The van der Waals surface area contributed by atoms with Gasteiger partial charge in [-0.1, -0.05) is 12.1 Å². The summed E-state index contributed by atoms with van der Waals surface area (Å²) in [5, 5.41) is 11.6. The third kappa shape index (κ3) is 6.13. The van der Waals surface area contributed by atoms with Crippen molar-refractivity contribution in [2.45, 2.75) is 45.3 Å². The molecule has 6 heteroatoms. The molecule has 1 N–H and O–H groups in total. The molecule has 108 valence electrons. The highest BCUT2D eigenvalue weighted by atomic mass is 16.5. The molecule has 0 bridgehead atoms. The first-order valence-corrected chi connectivity index (χ1v) is 7.16. The number of ether oxygens (including phenoxy) is 2. The van der Waals surface area contributed by atoms with E-state index in [9.17, 15) is 0 Å². The van der Waals surface area contributed by atoms with Crippen LogP contribution in [0.2, 0.25) is 0 Å². The lowest BCUT2D eigenvalue weighted by Crippen LogP contribution is -2.15. The topological polar surface area (TPSA) is 61.2 Å². The highest BCUT2D eigenvalue weighted by Gasteiger charge is 2.20. The van der Waals surface area contributed by atoms with Crippen molar-refractivity contribution in [2.24, 2.45) is 0 Å². The fourth-order valence-electron chi connectivity index (χ4n) is 1.69. The maximum absolute atomic E-state index is 5.47. The Morgan fingerprint density at radius 3 is 2.79 bits per heavy atom. The minimum atomic E-state index is 0.644. The van der Waals surface area contributed by atoms with E-state index in [1.54, 1.807) is 0 Å². The summed E-state index contributed by atoms with van der Waals surface area (Å²) in [4.78, 5) is 0. The molecule has 1 aromatic rings. The van der Waals surface area contributed by atoms with Crippen LogP contribution in [0.3, 0.4) is 0 Å². The van der Waals surface area contributed by atoms with Gasteiger partial charge >= 0.3 is 0 Å². The van der Waals surface area contributed by atoms with Crippen molar-refractivity contribution < 1.29 is 9.47 Å². The average Bonchev–Trinajstić information content (AvgIpc) is 3.15. The van der Waals surface area contributed by atoms with Crippen LogP contribution in [-0.4, -0.2) is 47.5 Å². The van der Waals surface area contributed by atoms with Gasteiger partial charge in [-0.25, -0.2) is 4.68 Å². The third-order valence-corrected chi connectivity index (χ3v) is 2.92. The number of hydrogen-bond acceptors (Lipinski definition) is 5. The van der Waals surface area contributed by atoms with E-state index in [0.29, 0.717) is 25.9 Å². The molecule has 0 unspecified atom stereocenters. The molecule has 2 rings (SSSR count). The lowest BCUT2D eigenvalue weighted by molar-refractivity contribution is 0.0441. The van der Waals surface area contributed by atoms with Gasteiger partial charge in [0, 0.05) is 25.4 Å². The van der Waals surface area contributed by atoms with Crippen molar-refractivity contribution in [3.8, 4) is 0 Å². The molecule has 1 aliphatic rings. The van der Waals surface area contributed by atoms with Gasteiger partial charge in [-0.2, -0.15) is 0 Å². The monoisotopic (exact) mass is 268 g/mol. The van der Waals surface area contributed by atoms with E-state index >= 15 is 0 Å². The fourth-order valence-corrected chi connectivity index (χ4v) is 1.69. The predicted molar refractivity (Wildman–Crippen MR) is 71.8 cm³/mol. The minimum Gasteiger partial charge on any atom is -0.379 e. The fraction of sp³-hybridized carbons (Fsp3) is 0.846. The van der Waals surface area contributed by atoms with Crippen molar-refractivity contribution >= 4 is 0 Å². The molecule has 6 nitrogen and oxygen atoms in total. The first-order valence-electron chi connectivity index (χ1n) is 7.16. The van der Waals surface area contributed by atoms with Crippen molar-refractivity contribution in [3.05, 3.63) is 11.9 Å². The summed E-state index contributed by atoms with van der Waals surface area (Å²) in [6, 6.07) is 0.705. The quantitative estimate of drug-likeness (QED) is 0.606. The predicted octanol–water partition coefficient (Wildman–Crippen LogP) is 0.973. The highest BCUT2D eigenvalue weighted by molar-refractivity contribution is 4.94. The Hall–Kier alpha value is -0.980. The van der Waals surface area contributed by atoms with E-state index in [-0.39, 0.29) is 0 Å². The molecule has 0 saturated heterocycles. The zero-order valence-electron chi connectivity index (χ0n) is 11.7. The van der Waals surface area contributed by atoms with Crippen LogP contribution in [0, 0.1) is 0 Å². The van der Waals surface area contributed by atoms with Crippen LogP contribution in [0.15, 0.2) is 6.20 Å². The molecule has 0 amide bonds. The van der Waals surface area contributed by atoms with Crippen LogP contribution in [-0.2, 0) is 22.6 Å². The van der Waals surface area contributed by atoms with Crippen molar-refractivity contribution in [3.63, 3.8) is 0 Å². The SMILES string of the molecule is CCCOCCOCCn1cc(CNC2CC2)nn1. The van der Waals surface area contributed by atoms with Crippen LogP contribution in [0.1, 0.15) is 31.9 Å². The molecule has 0 atom stereocenters. The lowest BCUT2D eigenvalue weighted by Gasteiger charge is -2.04. The van der Waals surface area contributed by atoms with Crippen LogP contribution in [0.25, 0.3) is 0 Å². The zero-order chi connectivity index (χ0) is 13.3. The van der Waals surface area contributed by atoms with Gasteiger partial charge in [0.25, 0.3) is 0 Å². The van der Waals surface area contributed by atoms with E-state index in [1.807, 2.05) is 10.9 Å². The van der Waals surface area contributed by atoms with Gasteiger partial charge in [-0.3, -0.25) is 0 Å². The van der Waals surface area contributed by atoms with Crippen LogP contribution in [0.5, 0.6) is 0 Å². The Kier molecular flexibility index (Phi) is 6.26. The molecule has 1 heterocycles. The molecule has 1 aliphatic carbocycles. The summed E-state index contributed by atoms with van der Waals surface area (Å²) in [6.45, 7) is 6.42. The Labute approximate surface area is 114 Å². The molecular weight excluding hydrogens is 244 g/mol. The second-order valence-corrected chi connectivity index (χ2v) is 4.85. The van der Waals surface area contributed by atoms with Gasteiger partial charge in [0.2, 0.25) is 0 Å². The molecule has 1 saturated carbocycles. The minimum absolute atomic E-state index is 0.644. The summed E-state index contributed by atoms with van der Waals surface area (Å²) in [5.74, 6) is 0. The van der Waals surface area contributed by atoms with Gasteiger partial charge in [-0.05, 0) is 19.3 Å². The highest BCUT2D eigenvalue weighted by Crippen LogP contribution is 2.18. The molecule has 1 aromatic heterocycles. The number of aromatic nitrogens is 3. The Bertz CT molecular complexity index is 352. The van der Waals surface area contributed by atoms with Crippen LogP contribution >= 0.6 is 0 Å². The van der Waals surface area contributed by atoms with Gasteiger partial charge < -0.3 is 14.8 Å². The maximum atomic E-state index is 5.47. The maximum Gasteiger partial charge on any atom is 0.0964 e. The standard InChI is InChI=1S/C13H24N4O2/c1-2-6-18-8-9-19-7-5-17-11-13(15-16-17)10-14-12-3-4-12/h11-12,14H,2-10H2,1H3. The Morgan fingerprint density at radius 2 is 2.05 bits per heavy atom. The number of hydrogen-bond donors (Lipinski definition) is 1. The summed E-state index contributed by atoms with van der Waals surface area (Å²) >= 11 is 0. The molecule has 19 heavy (non-hydrogen) atoms. The first-order chi connectivity index (χ1) is 9.38. The Morgan fingerprint density at radius 1 is 1.26 bits per heavy atom. The second kappa shape index (κ2) is 8.24. The Balaban J connectivity index is 1.50. The van der Waals surface area contributed by atoms with Gasteiger partial charge in [-0.15, -0.1) is 5.10 Å². The van der Waals surface area contributed by atoms with E-state index in [1.165, 1.54) is 12.8 Å². The third-order valence-electron chi connectivity index (χ3n) is 2.92. The van der Waals surface area contributed by atoms with Gasteiger partial charge in [0.05, 0.1) is 32.1 Å². The summed E-state index contributed by atoms with van der Waals surface area (Å²) < 4.78 is 12.6. The van der Waals surface area contributed by atoms with Gasteiger partial charge in [0.1, 0.15) is 0 Å². The van der Waals surface area contributed by atoms with E-state index in [4.69, 9.17) is 9.47 Å². The zero-order valence-corrected chi connectivity index (χ0v) is 11.7. The van der Waals surface area contributed by atoms with E-state index in [2.05, 4.69) is 22.6 Å². The van der Waals surface area contributed by atoms with Crippen LogP contribution < -0.4 is 5.32 Å². The van der Waals surface area contributed by atoms with Crippen molar-refractivity contribution in [1.82, 2.24) is 20.3 Å². The lowest BCUT2D eigenvalue weighted by atomic mass is 10.4. The molecule has 1 fully saturated rings. The normalized spacial score (nSPS) is 15.0. The number of nitrogens with one attached hydrogen (secondary N) is 1. The summed E-state index contributed by atoms with van der Waals surface area (Å²) in [6.07, 6.45) is 5.62. The van der Waals surface area contributed by atoms with Gasteiger partial charge in [0.15, 0.2) is 0 Å². The first kappa shape index (κ1) is 14.4. The largest absolute Gasteiger partial charge is 0.379 e. The molecular formula is C13H24N4O2. The molecule has 0 radical (unpaired) electrons. The van der Waals surface area contributed by atoms with Crippen molar-refractivity contribution in [2.75, 3.05) is 26.4 Å². The summed E-state index contributed by atoms with van der Waals surface area (Å²) in [5.41, 5.74) is 0.998. The van der Waals surface area contributed by atoms with E-state index < -0.39 is 0 Å². The number of nitrogens with zero attached hydrogens (tertiary/aromatic N) is 3. The van der Waals surface area contributed by atoms with E-state index in [0.717, 1.165) is 31.8 Å². The molecule has 0 aliphatic heterocycles. The summed E-state index contributed by atoms with van der Waals surface area (Å²) in [7, 11) is 0. The van der Waals surface area contributed by atoms with Crippen LogP contribution in [0.4, 0.5) is 0 Å². The smallest absolute Gasteiger partial charge is 0.0964 e. The van der Waals surface area contributed by atoms with Crippen molar-refractivity contribution in [1.29, 1.82) is 0 Å². The average molecular weight is 268 g/mol. The second-order valence-electron chi connectivity index (χ2n) is 4.85. The molecule has 0 spiro atoms.